The van der Waals surface area contributed by atoms with Crippen molar-refractivity contribution in [2.75, 3.05) is 0 Å². The van der Waals surface area contributed by atoms with Crippen LogP contribution in [0.25, 0.3) is 5.69 Å². The summed E-state index contributed by atoms with van der Waals surface area (Å²) in [7, 11) is 0. The van der Waals surface area contributed by atoms with Crippen LogP contribution in [0.2, 0.25) is 0 Å². The molecule has 94 valence electrons. The number of benzene rings is 1. The molecule has 3 rings (SSSR count). The summed E-state index contributed by atoms with van der Waals surface area (Å²) < 4.78 is 1.72. The lowest BCUT2D eigenvalue weighted by molar-refractivity contribution is 0.103. The predicted molar refractivity (Wildman–Crippen MR) is 76.1 cm³/mol. The topological polar surface area (TPSA) is 34.9 Å². The standard InChI is InChI=1S/C15H12N2OS/c1-11-8-10-19-15(11)14(18)13-7-9-17(16-13)12-5-3-2-4-6-12/h2-10H,1H3. The van der Waals surface area contributed by atoms with Gasteiger partial charge in [-0.25, -0.2) is 4.68 Å². The molecule has 2 heterocycles. The van der Waals surface area contributed by atoms with Crippen LogP contribution in [0, 0.1) is 6.92 Å². The molecule has 2 aromatic heterocycles. The second-order valence-corrected chi connectivity index (χ2v) is 5.16. The Hall–Kier alpha value is -2.20. The first kappa shape index (κ1) is 11.9. The number of rotatable bonds is 3. The van der Waals surface area contributed by atoms with E-state index in [2.05, 4.69) is 5.10 Å². The number of thiophene rings is 1. The van der Waals surface area contributed by atoms with Crippen molar-refractivity contribution in [1.82, 2.24) is 9.78 Å². The van der Waals surface area contributed by atoms with Gasteiger partial charge in [-0.15, -0.1) is 11.3 Å². The molecule has 3 nitrogen and oxygen atoms in total. The Balaban J connectivity index is 1.94. The van der Waals surface area contributed by atoms with Crippen molar-refractivity contribution in [2.24, 2.45) is 0 Å². The van der Waals surface area contributed by atoms with Gasteiger partial charge in [0.1, 0.15) is 5.69 Å². The lowest BCUT2D eigenvalue weighted by atomic mass is 10.2. The van der Waals surface area contributed by atoms with Gasteiger partial charge < -0.3 is 0 Å². The van der Waals surface area contributed by atoms with Gasteiger partial charge in [0.05, 0.1) is 10.6 Å². The van der Waals surface area contributed by atoms with Crippen molar-refractivity contribution in [3.05, 3.63) is 70.2 Å². The smallest absolute Gasteiger partial charge is 0.223 e. The Bertz CT molecular complexity index is 713. The highest BCUT2D eigenvalue weighted by atomic mass is 32.1. The number of carbonyl (C=O) groups is 1. The highest BCUT2D eigenvalue weighted by molar-refractivity contribution is 7.12. The Morgan fingerprint density at radius 1 is 1.16 bits per heavy atom. The Kier molecular flexibility index (Phi) is 3.01. The van der Waals surface area contributed by atoms with Crippen molar-refractivity contribution in [1.29, 1.82) is 0 Å². The van der Waals surface area contributed by atoms with Gasteiger partial charge >= 0.3 is 0 Å². The van der Waals surface area contributed by atoms with Crippen molar-refractivity contribution in [2.45, 2.75) is 6.92 Å². The molecule has 0 fully saturated rings. The van der Waals surface area contributed by atoms with E-state index in [4.69, 9.17) is 0 Å². The minimum absolute atomic E-state index is 0.0119. The Morgan fingerprint density at radius 2 is 1.95 bits per heavy atom. The minimum Gasteiger partial charge on any atom is -0.286 e. The second-order valence-electron chi connectivity index (χ2n) is 4.24. The normalized spacial score (nSPS) is 10.6. The van der Waals surface area contributed by atoms with E-state index in [0.29, 0.717) is 5.69 Å². The van der Waals surface area contributed by atoms with Crippen LogP contribution >= 0.6 is 11.3 Å². The molecular formula is C15H12N2OS. The van der Waals surface area contributed by atoms with Crippen molar-refractivity contribution < 1.29 is 4.79 Å². The lowest BCUT2D eigenvalue weighted by Crippen LogP contribution is -2.03. The first-order valence-corrected chi connectivity index (χ1v) is 6.83. The van der Waals surface area contributed by atoms with Crippen molar-refractivity contribution in [3.63, 3.8) is 0 Å². The zero-order valence-corrected chi connectivity index (χ0v) is 11.2. The zero-order valence-electron chi connectivity index (χ0n) is 10.4. The summed E-state index contributed by atoms with van der Waals surface area (Å²) in [6.07, 6.45) is 1.81. The summed E-state index contributed by atoms with van der Waals surface area (Å²) in [6, 6.07) is 13.5. The van der Waals surface area contributed by atoms with E-state index in [9.17, 15) is 4.79 Å². The van der Waals surface area contributed by atoms with E-state index < -0.39 is 0 Å². The van der Waals surface area contributed by atoms with Gasteiger partial charge in [-0.05, 0) is 42.1 Å². The molecule has 0 N–H and O–H groups in total. The molecule has 0 radical (unpaired) electrons. The van der Waals surface area contributed by atoms with Crippen molar-refractivity contribution >= 4 is 17.1 Å². The molecule has 0 bridgehead atoms. The van der Waals surface area contributed by atoms with Crippen LogP contribution in [-0.2, 0) is 0 Å². The molecule has 0 aliphatic carbocycles. The minimum atomic E-state index is -0.0119. The molecule has 0 saturated heterocycles. The van der Waals surface area contributed by atoms with E-state index in [1.54, 1.807) is 10.7 Å². The largest absolute Gasteiger partial charge is 0.286 e. The van der Waals surface area contributed by atoms with Gasteiger partial charge in [0.2, 0.25) is 5.78 Å². The summed E-state index contributed by atoms with van der Waals surface area (Å²) in [4.78, 5) is 13.1. The summed E-state index contributed by atoms with van der Waals surface area (Å²) in [5.74, 6) is -0.0119. The van der Waals surface area contributed by atoms with Crippen LogP contribution in [0.1, 0.15) is 20.9 Å². The van der Waals surface area contributed by atoms with Crippen LogP contribution in [0.15, 0.2) is 54.0 Å². The monoisotopic (exact) mass is 268 g/mol. The quantitative estimate of drug-likeness (QED) is 0.682. The van der Waals surface area contributed by atoms with Crippen LogP contribution in [0.3, 0.4) is 0 Å². The molecule has 3 aromatic rings. The highest BCUT2D eigenvalue weighted by Gasteiger charge is 2.16. The van der Waals surface area contributed by atoms with E-state index >= 15 is 0 Å². The first-order valence-electron chi connectivity index (χ1n) is 5.95. The van der Waals surface area contributed by atoms with Gasteiger partial charge in [0.15, 0.2) is 0 Å². The van der Waals surface area contributed by atoms with Gasteiger partial charge in [0, 0.05) is 6.20 Å². The van der Waals surface area contributed by atoms with Crippen LogP contribution < -0.4 is 0 Å². The third kappa shape index (κ3) is 2.22. The average molecular weight is 268 g/mol. The number of hydrogen-bond acceptors (Lipinski definition) is 3. The second kappa shape index (κ2) is 4.82. The van der Waals surface area contributed by atoms with Crippen LogP contribution in [0.5, 0.6) is 0 Å². The molecule has 4 heteroatoms. The maximum atomic E-state index is 12.3. The molecule has 0 spiro atoms. The summed E-state index contributed by atoms with van der Waals surface area (Å²) in [5.41, 5.74) is 2.43. The molecule has 0 amide bonds. The number of para-hydroxylation sites is 1. The van der Waals surface area contributed by atoms with E-state index in [0.717, 1.165) is 16.1 Å². The molecule has 0 aliphatic rings. The fraction of sp³-hybridized carbons (Fsp3) is 0.0667. The van der Waals surface area contributed by atoms with Gasteiger partial charge in [-0.3, -0.25) is 4.79 Å². The molecule has 0 aliphatic heterocycles. The van der Waals surface area contributed by atoms with Gasteiger partial charge in [0.25, 0.3) is 0 Å². The molecule has 1 aromatic carbocycles. The van der Waals surface area contributed by atoms with E-state index in [1.807, 2.05) is 54.9 Å². The summed E-state index contributed by atoms with van der Waals surface area (Å²) >= 11 is 1.46. The number of ketones is 1. The highest BCUT2D eigenvalue weighted by Crippen LogP contribution is 2.19. The van der Waals surface area contributed by atoms with Crippen molar-refractivity contribution in [3.8, 4) is 5.69 Å². The molecule has 0 unspecified atom stereocenters. The number of nitrogens with zero attached hydrogens (tertiary/aromatic N) is 2. The SMILES string of the molecule is Cc1ccsc1C(=O)c1ccn(-c2ccccc2)n1. The molecule has 0 saturated carbocycles. The van der Waals surface area contributed by atoms with Crippen LogP contribution in [0.4, 0.5) is 0 Å². The average Bonchev–Trinajstić information content (AvgIpc) is 3.08. The van der Waals surface area contributed by atoms with E-state index in [1.165, 1.54) is 11.3 Å². The van der Waals surface area contributed by atoms with E-state index in [-0.39, 0.29) is 5.78 Å². The number of carbonyl (C=O) groups excluding carboxylic acids is 1. The maximum Gasteiger partial charge on any atom is 0.223 e. The number of aryl methyl sites for hydroxylation is 1. The summed E-state index contributed by atoms with van der Waals surface area (Å²) in [5, 5.41) is 6.28. The number of aromatic nitrogens is 2. The zero-order chi connectivity index (χ0) is 13.2. The Labute approximate surface area is 115 Å². The number of hydrogen-bond donors (Lipinski definition) is 0. The maximum absolute atomic E-state index is 12.3. The van der Waals surface area contributed by atoms with Crippen LogP contribution in [-0.4, -0.2) is 15.6 Å². The van der Waals surface area contributed by atoms with Gasteiger partial charge in [-0.2, -0.15) is 5.10 Å². The lowest BCUT2D eigenvalue weighted by Gasteiger charge is -1.99. The predicted octanol–water partition coefficient (Wildman–Crippen LogP) is 3.47. The molecule has 19 heavy (non-hydrogen) atoms. The Morgan fingerprint density at radius 3 is 2.63 bits per heavy atom. The summed E-state index contributed by atoms with van der Waals surface area (Å²) in [6.45, 7) is 1.94. The molecule has 0 atom stereocenters. The third-order valence-corrected chi connectivity index (χ3v) is 3.93. The fourth-order valence-electron chi connectivity index (χ4n) is 1.89. The third-order valence-electron chi connectivity index (χ3n) is 2.91. The molecular weight excluding hydrogens is 256 g/mol. The van der Waals surface area contributed by atoms with Gasteiger partial charge in [-0.1, -0.05) is 18.2 Å². The fourth-order valence-corrected chi connectivity index (χ4v) is 2.77. The first-order chi connectivity index (χ1) is 9.25.